The Balaban J connectivity index is 2.04. The van der Waals surface area contributed by atoms with Crippen LogP contribution in [0.15, 0.2) is 43.2 Å². The minimum atomic E-state index is -0.188. The quantitative estimate of drug-likeness (QED) is 0.255. The first kappa shape index (κ1) is 14.7. The Morgan fingerprint density at radius 3 is 2.78 bits per heavy atom. The Hall–Kier alpha value is -1.35. The summed E-state index contributed by atoms with van der Waals surface area (Å²) >= 11 is 1.34. The summed E-state index contributed by atoms with van der Waals surface area (Å²) in [6.45, 7) is 3.35. The lowest BCUT2D eigenvalue weighted by molar-refractivity contribution is -0.138. The van der Waals surface area contributed by atoms with Gasteiger partial charge in [-0.25, -0.2) is 0 Å². The molecule has 0 aliphatic heterocycles. The third-order valence-electron chi connectivity index (χ3n) is 2.42. The van der Waals surface area contributed by atoms with Crippen LogP contribution in [0.1, 0.15) is 31.2 Å². The van der Waals surface area contributed by atoms with Crippen LogP contribution in [0.3, 0.4) is 0 Å². The zero-order chi connectivity index (χ0) is 13.1. The van der Waals surface area contributed by atoms with Crippen molar-refractivity contribution in [1.29, 1.82) is 0 Å². The molecule has 0 N–H and O–H groups in total. The van der Waals surface area contributed by atoms with Gasteiger partial charge < -0.3 is 4.74 Å². The molecule has 3 heteroatoms. The van der Waals surface area contributed by atoms with E-state index in [1.165, 1.54) is 23.2 Å². The fraction of sp³-hybridized carbons (Fsp3) is 0.333. The third kappa shape index (κ3) is 7.07. The van der Waals surface area contributed by atoms with Crippen LogP contribution in [0.5, 0.6) is 0 Å². The van der Waals surface area contributed by atoms with Crippen molar-refractivity contribution in [3.05, 3.63) is 48.7 Å². The van der Waals surface area contributed by atoms with E-state index in [4.69, 9.17) is 0 Å². The van der Waals surface area contributed by atoms with Gasteiger partial charge in [-0.05, 0) is 24.8 Å². The van der Waals surface area contributed by atoms with Crippen LogP contribution in [0.2, 0.25) is 0 Å². The molecule has 1 aromatic carbocycles. The molecule has 2 nitrogen and oxygen atoms in total. The van der Waals surface area contributed by atoms with Crippen LogP contribution in [0, 0.1) is 0 Å². The number of unbranched alkanes of at least 4 members (excludes halogenated alkanes) is 2. The van der Waals surface area contributed by atoms with Crippen molar-refractivity contribution >= 4 is 22.7 Å². The molecular formula is C15H20O2S. The molecular weight excluding hydrogens is 244 g/mol. The van der Waals surface area contributed by atoms with Gasteiger partial charge in [0.25, 0.3) is 0 Å². The van der Waals surface area contributed by atoms with Gasteiger partial charge in [0.2, 0.25) is 0 Å². The van der Waals surface area contributed by atoms with Gasteiger partial charge in [-0.3, -0.25) is 4.79 Å². The molecule has 0 spiro atoms. The lowest BCUT2D eigenvalue weighted by Crippen LogP contribution is -1.98. The second kappa shape index (κ2) is 9.66. The molecule has 0 bridgehead atoms. The summed E-state index contributed by atoms with van der Waals surface area (Å²) in [5.74, 6) is 0.881. The maximum absolute atomic E-state index is 11.0. The molecule has 0 atom stereocenters. The van der Waals surface area contributed by atoms with Gasteiger partial charge in [-0.1, -0.05) is 42.3 Å². The molecule has 0 aliphatic rings. The zero-order valence-corrected chi connectivity index (χ0v) is 11.4. The Labute approximate surface area is 113 Å². The minimum absolute atomic E-state index is 0.188. The summed E-state index contributed by atoms with van der Waals surface area (Å²) in [4.78, 5) is 11.0. The van der Waals surface area contributed by atoms with Crippen LogP contribution < -0.4 is 0 Å². The smallest absolute Gasteiger partial charge is 0.310 e. The Morgan fingerprint density at radius 2 is 2.06 bits per heavy atom. The number of hydrogen-bond donors (Lipinski definition) is 1. The van der Waals surface area contributed by atoms with Gasteiger partial charge in [0.05, 0.1) is 6.26 Å². The summed E-state index contributed by atoms with van der Waals surface area (Å²) in [6, 6.07) is 10.5. The second-order valence-electron chi connectivity index (χ2n) is 3.91. The normalized spacial score (nSPS) is 10.9. The van der Waals surface area contributed by atoms with Crippen molar-refractivity contribution < 1.29 is 9.53 Å². The zero-order valence-electron chi connectivity index (χ0n) is 10.5. The largest absolute Gasteiger partial charge is 0.435 e. The van der Waals surface area contributed by atoms with Gasteiger partial charge in [0, 0.05) is 12.2 Å². The van der Waals surface area contributed by atoms with Crippen molar-refractivity contribution in [2.24, 2.45) is 0 Å². The van der Waals surface area contributed by atoms with Crippen molar-refractivity contribution in [1.82, 2.24) is 0 Å². The second-order valence-corrected chi connectivity index (χ2v) is 4.96. The maximum Gasteiger partial charge on any atom is 0.310 e. The van der Waals surface area contributed by atoms with Gasteiger partial charge in [0.1, 0.15) is 0 Å². The number of benzene rings is 1. The summed E-state index contributed by atoms with van der Waals surface area (Å²) in [7, 11) is 0. The van der Waals surface area contributed by atoms with E-state index in [1.54, 1.807) is 0 Å². The molecule has 18 heavy (non-hydrogen) atoms. The number of thiol groups is 1. The van der Waals surface area contributed by atoms with Gasteiger partial charge >= 0.3 is 5.97 Å². The van der Waals surface area contributed by atoms with Crippen molar-refractivity contribution in [3.8, 4) is 0 Å². The Kier molecular flexibility index (Phi) is 7.89. The van der Waals surface area contributed by atoms with E-state index < -0.39 is 0 Å². The van der Waals surface area contributed by atoms with Gasteiger partial charge in [0.15, 0.2) is 0 Å². The highest BCUT2D eigenvalue weighted by Gasteiger charge is 1.98. The van der Waals surface area contributed by atoms with Crippen LogP contribution >= 0.6 is 11.4 Å². The first-order valence-corrected chi connectivity index (χ1v) is 7.30. The summed E-state index contributed by atoms with van der Waals surface area (Å²) in [5.41, 5.74) is 1.37. The number of ether oxygens (including phenoxy) is 1. The van der Waals surface area contributed by atoms with Crippen LogP contribution in [0.4, 0.5) is 0 Å². The monoisotopic (exact) mass is 264 g/mol. The lowest BCUT2D eigenvalue weighted by atomic mass is 10.2. The molecule has 0 aromatic heterocycles. The SMILES string of the molecule is C=COC(=O)CCCCC=[SH]Cc1ccccc1. The fourth-order valence-electron chi connectivity index (χ4n) is 1.50. The highest BCUT2D eigenvalue weighted by Crippen LogP contribution is 2.06. The third-order valence-corrected chi connectivity index (χ3v) is 3.49. The van der Waals surface area contributed by atoms with E-state index in [1.807, 2.05) is 6.07 Å². The average Bonchev–Trinajstić information content (AvgIpc) is 2.39. The Bertz CT molecular complexity index is 385. The standard InChI is InChI=1S/C15H20O2S/c1-2-17-15(16)11-7-4-8-12-18-13-14-9-5-3-6-10-14/h2-3,5-6,9-10,12,18H,1,4,7-8,11,13H2. The maximum atomic E-state index is 11.0. The number of hydrogen-bond acceptors (Lipinski definition) is 2. The molecule has 0 unspecified atom stereocenters. The van der Waals surface area contributed by atoms with Gasteiger partial charge in [-0.15, -0.1) is 0 Å². The highest BCUT2D eigenvalue weighted by atomic mass is 32.1. The first-order valence-electron chi connectivity index (χ1n) is 6.15. The van der Waals surface area contributed by atoms with Crippen molar-refractivity contribution in [2.75, 3.05) is 0 Å². The number of carbonyl (C=O) groups excluding carboxylic acids is 1. The van der Waals surface area contributed by atoms with E-state index >= 15 is 0 Å². The highest BCUT2D eigenvalue weighted by molar-refractivity contribution is 7.96. The van der Waals surface area contributed by atoms with Crippen molar-refractivity contribution in [3.63, 3.8) is 0 Å². The number of rotatable bonds is 8. The van der Waals surface area contributed by atoms with Crippen LogP contribution in [0.25, 0.3) is 0 Å². The van der Waals surface area contributed by atoms with E-state index in [0.29, 0.717) is 6.42 Å². The number of carbonyl (C=O) groups is 1. The molecule has 98 valence electrons. The molecule has 0 saturated heterocycles. The predicted octanol–water partition coefficient (Wildman–Crippen LogP) is 3.70. The first-order chi connectivity index (χ1) is 8.83. The molecule has 1 rings (SSSR count). The van der Waals surface area contributed by atoms with E-state index in [0.717, 1.165) is 25.0 Å². The minimum Gasteiger partial charge on any atom is -0.435 e. The van der Waals surface area contributed by atoms with E-state index in [-0.39, 0.29) is 5.97 Å². The van der Waals surface area contributed by atoms with Gasteiger partial charge in [-0.2, -0.15) is 11.4 Å². The molecule has 0 radical (unpaired) electrons. The average molecular weight is 264 g/mol. The summed E-state index contributed by atoms with van der Waals surface area (Å²) < 4.78 is 4.64. The molecule has 0 aliphatic carbocycles. The van der Waals surface area contributed by atoms with Crippen LogP contribution in [-0.4, -0.2) is 11.3 Å². The molecule has 1 aromatic rings. The topological polar surface area (TPSA) is 26.3 Å². The summed E-state index contributed by atoms with van der Waals surface area (Å²) in [6.07, 6.45) is 4.64. The lowest BCUT2D eigenvalue weighted by Gasteiger charge is -1.98. The molecule has 0 fully saturated rings. The Morgan fingerprint density at radius 1 is 1.28 bits per heavy atom. The molecule has 0 heterocycles. The molecule has 0 amide bonds. The van der Waals surface area contributed by atoms with E-state index in [2.05, 4.69) is 40.9 Å². The molecule has 0 saturated carbocycles. The number of esters is 1. The van der Waals surface area contributed by atoms with Crippen molar-refractivity contribution in [2.45, 2.75) is 31.4 Å². The fourth-order valence-corrected chi connectivity index (χ4v) is 2.42. The predicted molar refractivity (Wildman–Crippen MR) is 80.0 cm³/mol. The summed E-state index contributed by atoms with van der Waals surface area (Å²) in [5, 5.41) is 2.27. The van der Waals surface area contributed by atoms with Crippen LogP contribution in [-0.2, 0) is 15.3 Å². The van der Waals surface area contributed by atoms with E-state index in [9.17, 15) is 4.79 Å².